The van der Waals surface area contributed by atoms with Gasteiger partial charge in [-0.2, -0.15) is 0 Å². The summed E-state index contributed by atoms with van der Waals surface area (Å²) >= 11 is 0. The van der Waals surface area contributed by atoms with E-state index < -0.39 is 0 Å². The van der Waals surface area contributed by atoms with Gasteiger partial charge >= 0.3 is 0 Å². The Bertz CT molecular complexity index is 3860. The molecule has 0 unspecified atom stereocenters. The van der Waals surface area contributed by atoms with Crippen molar-refractivity contribution in [2.45, 2.75) is 0 Å². The van der Waals surface area contributed by atoms with Crippen LogP contribution in [0.3, 0.4) is 0 Å². The van der Waals surface area contributed by atoms with E-state index in [-0.39, 0.29) is 0 Å². The van der Waals surface area contributed by atoms with Crippen molar-refractivity contribution < 1.29 is 4.42 Å². The lowest BCUT2D eigenvalue weighted by atomic mass is 10.0. The first kappa shape index (κ1) is 33.7. The first-order valence-corrected chi connectivity index (χ1v) is 20.7. The number of nitrogens with zero attached hydrogens (tertiary/aromatic N) is 4. The van der Waals surface area contributed by atoms with Gasteiger partial charge in [-0.3, -0.25) is 4.57 Å². The molecule has 0 saturated heterocycles. The van der Waals surface area contributed by atoms with Gasteiger partial charge in [0.25, 0.3) is 0 Å². The van der Waals surface area contributed by atoms with Crippen molar-refractivity contribution in [1.29, 1.82) is 0 Å². The van der Waals surface area contributed by atoms with Gasteiger partial charge in [0.1, 0.15) is 11.2 Å². The Morgan fingerprint density at radius 2 is 0.934 bits per heavy atom. The highest BCUT2D eigenvalue weighted by Gasteiger charge is 2.25. The van der Waals surface area contributed by atoms with E-state index in [1.54, 1.807) is 0 Å². The molecule has 0 atom stereocenters. The van der Waals surface area contributed by atoms with Gasteiger partial charge in [-0.1, -0.05) is 152 Å². The number of hydrogen-bond donors (Lipinski definition) is 0. The Morgan fingerprint density at radius 3 is 1.74 bits per heavy atom. The number of aromatic nitrogens is 4. The van der Waals surface area contributed by atoms with Gasteiger partial charge in [0.2, 0.25) is 5.95 Å². The third kappa shape index (κ3) is 5.08. The van der Waals surface area contributed by atoms with Gasteiger partial charge in [0.05, 0.1) is 38.7 Å². The summed E-state index contributed by atoms with van der Waals surface area (Å²) in [6.07, 6.45) is 0. The number of rotatable bonds is 5. The Kier molecular flexibility index (Phi) is 7.24. The van der Waals surface area contributed by atoms with Crippen LogP contribution in [0.2, 0.25) is 0 Å². The zero-order valence-corrected chi connectivity index (χ0v) is 32.8. The zero-order valence-electron chi connectivity index (χ0n) is 32.8. The molecular weight excluding hydrogens is 745 g/mol. The largest absolute Gasteiger partial charge is 0.455 e. The summed E-state index contributed by atoms with van der Waals surface area (Å²) in [5, 5.41) is 7.69. The van der Waals surface area contributed by atoms with Crippen LogP contribution in [0.15, 0.2) is 211 Å². The predicted molar refractivity (Wildman–Crippen MR) is 252 cm³/mol. The van der Waals surface area contributed by atoms with Crippen molar-refractivity contribution in [3.63, 3.8) is 0 Å². The van der Waals surface area contributed by atoms with Crippen LogP contribution < -0.4 is 0 Å². The first-order chi connectivity index (χ1) is 30.3. The van der Waals surface area contributed by atoms with E-state index in [2.05, 4.69) is 203 Å². The normalized spacial score (nSPS) is 11.9. The molecule has 5 heteroatoms. The number of hydrogen-bond acceptors (Lipinski definition) is 3. The van der Waals surface area contributed by atoms with E-state index in [0.717, 1.165) is 99.0 Å². The molecular formula is C56H34N4O. The maximum absolute atomic E-state index is 6.87. The van der Waals surface area contributed by atoms with Gasteiger partial charge < -0.3 is 8.98 Å². The molecule has 13 aromatic rings. The lowest BCUT2D eigenvalue weighted by Crippen LogP contribution is -2.03. The molecule has 0 aliphatic heterocycles. The zero-order chi connectivity index (χ0) is 40.0. The summed E-state index contributed by atoms with van der Waals surface area (Å²) in [6, 6.07) is 73.0. The van der Waals surface area contributed by atoms with Gasteiger partial charge in [0.15, 0.2) is 0 Å². The molecule has 0 N–H and O–H groups in total. The standard InChI is InChI=1S/C56H34N4O/c1-3-14-35(15-4-1)37-26-28-38(29-27-37)54-43-21-7-10-23-45(43)57-56(58-54)60-46-24-11-8-22-44(46)51-47(60)32-33-48-52(51)53-49(31-30-42-41-20-9-12-25-50(41)61-55(42)53)59(48)40-19-13-18-39(34-40)36-16-5-2-6-17-36/h1-34H. The summed E-state index contributed by atoms with van der Waals surface area (Å²) < 4.78 is 11.5. The molecule has 0 aliphatic carbocycles. The van der Waals surface area contributed by atoms with Crippen LogP contribution in [0, 0.1) is 0 Å². The fraction of sp³-hybridized carbons (Fsp3) is 0. The fourth-order valence-electron chi connectivity index (χ4n) is 9.61. The number of furan rings is 1. The highest BCUT2D eigenvalue weighted by Crippen LogP contribution is 2.46. The second-order valence-electron chi connectivity index (χ2n) is 15.7. The topological polar surface area (TPSA) is 48.8 Å². The smallest absolute Gasteiger partial charge is 0.235 e. The Hall–Kier alpha value is -8.28. The molecule has 0 fully saturated rings. The van der Waals surface area contributed by atoms with Crippen molar-refractivity contribution in [3.05, 3.63) is 206 Å². The maximum Gasteiger partial charge on any atom is 0.235 e. The highest BCUT2D eigenvalue weighted by atomic mass is 16.3. The molecule has 0 aliphatic rings. The lowest BCUT2D eigenvalue weighted by molar-refractivity contribution is 0.673. The molecule has 0 radical (unpaired) electrons. The first-order valence-electron chi connectivity index (χ1n) is 20.7. The molecule has 0 amide bonds. The minimum Gasteiger partial charge on any atom is -0.455 e. The van der Waals surface area contributed by atoms with E-state index in [1.165, 1.54) is 16.7 Å². The van der Waals surface area contributed by atoms with E-state index in [4.69, 9.17) is 14.4 Å². The third-order valence-electron chi connectivity index (χ3n) is 12.3. The van der Waals surface area contributed by atoms with E-state index >= 15 is 0 Å². The second-order valence-corrected chi connectivity index (χ2v) is 15.7. The molecule has 61 heavy (non-hydrogen) atoms. The quantitative estimate of drug-likeness (QED) is 0.175. The van der Waals surface area contributed by atoms with Gasteiger partial charge in [-0.25, -0.2) is 9.97 Å². The van der Waals surface area contributed by atoms with Crippen molar-refractivity contribution in [1.82, 2.24) is 19.1 Å². The van der Waals surface area contributed by atoms with Crippen LogP contribution in [-0.2, 0) is 0 Å². The molecule has 13 rings (SSSR count). The van der Waals surface area contributed by atoms with Crippen molar-refractivity contribution in [2.24, 2.45) is 0 Å². The number of benzene rings is 9. The predicted octanol–water partition coefficient (Wildman–Crippen LogP) is 14.7. The van der Waals surface area contributed by atoms with Crippen LogP contribution in [0.25, 0.3) is 122 Å². The minimum absolute atomic E-state index is 0.625. The van der Waals surface area contributed by atoms with E-state index in [9.17, 15) is 0 Å². The molecule has 9 aromatic carbocycles. The van der Waals surface area contributed by atoms with Crippen LogP contribution in [-0.4, -0.2) is 19.1 Å². The molecule has 0 saturated carbocycles. The Morgan fingerprint density at radius 1 is 0.344 bits per heavy atom. The van der Waals surface area contributed by atoms with Crippen LogP contribution in [0.5, 0.6) is 0 Å². The summed E-state index contributed by atoms with van der Waals surface area (Å²) in [5.74, 6) is 0.625. The van der Waals surface area contributed by atoms with Crippen molar-refractivity contribution in [3.8, 4) is 45.1 Å². The lowest BCUT2D eigenvalue weighted by Gasteiger charge is -2.12. The number of fused-ring (bicyclic) bond motifs is 12. The molecule has 0 spiro atoms. The van der Waals surface area contributed by atoms with Gasteiger partial charge in [0, 0.05) is 43.6 Å². The van der Waals surface area contributed by atoms with Crippen LogP contribution in [0.1, 0.15) is 0 Å². The summed E-state index contributed by atoms with van der Waals surface area (Å²) in [4.78, 5) is 10.8. The van der Waals surface area contributed by atoms with E-state index in [1.807, 2.05) is 12.1 Å². The van der Waals surface area contributed by atoms with Gasteiger partial charge in [-0.15, -0.1) is 0 Å². The van der Waals surface area contributed by atoms with E-state index in [0.29, 0.717) is 5.95 Å². The Labute approximate surface area is 350 Å². The van der Waals surface area contributed by atoms with Crippen LogP contribution >= 0.6 is 0 Å². The van der Waals surface area contributed by atoms with Gasteiger partial charge in [-0.05, 0) is 76.9 Å². The van der Waals surface area contributed by atoms with Crippen LogP contribution in [0.4, 0.5) is 0 Å². The average molecular weight is 779 g/mol. The molecule has 5 nitrogen and oxygen atoms in total. The minimum atomic E-state index is 0.625. The fourth-order valence-corrected chi connectivity index (χ4v) is 9.61. The molecule has 4 heterocycles. The second kappa shape index (κ2) is 13.1. The highest BCUT2D eigenvalue weighted by molar-refractivity contribution is 6.34. The Balaban J connectivity index is 1.12. The van der Waals surface area contributed by atoms with Crippen molar-refractivity contribution >= 4 is 76.5 Å². The maximum atomic E-state index is 6.87. The van der Waals surface area contributed by atoms with Crippen molar-refractivity contribution in [2.75, 3.05) is 0 Å². The SMILES string of the molecule is c1ccc(-c2ccc(-c3nc(-n4c5ccccc5c5c6c7c8oc9ccccc9c8ccc7n(-c7cccc(-c8ccccc8)c7)c6ccc54)nc4ccccc34)cc2)cc1. The summed E-state index contributed by atoms with van der Waals surface area (Å²) in [6.45, 7) is 0. The summed E-state index contributed by atoms with van der Waals surface area (Å²) in [5.41, 5.74) is 14.6. The summed E-state index contributed by atoms with van der Waals surface area (Å²) in [7, 11) is 0. The molecule has 0 bridgehead atoms. The molecule has 284 valence electrons. The molecule has 4 aromatic heterocycles. The third-order valence-corrected chi connectivity index (χ3v) is 12.3. The number of para-hydroxylation sites is 3. The monoisotopic (exact) mass is 778 g/mol. The average Bonchev–Trinajstić information content (AvgIpc) is 3.99.